The lowest BCUT2D eigenvalue weighted by atomic mass is 10.2. The molecule has 100 valence electrons. The van der Waals surface area contributed by atoms with Gasteiger partial charge in [-0.05, 0) is 31.9 Å². The van der Waals surface area contributed by atoms with E-state index < -0.39 is 0 Å². The number of hydrogen-bond donors (Lipinski definition) is 1. The highest BCUT2D eigenvalue weighted by Crippen LogP contribution is 2.20. The van der Waals surface area contributed by atoms with Crippen LogP contribution in [0.1, 0.15) is 29.1 Å². The Kier molecular flexibility index (Phi) is 3.80. The molecule has 1 aliphatic carbocycles. The predicted molar refractivity (Wildman–Crippen MR) is 77.5 cm³/mol. The maximum atomic E-state index is 5.73. The summed E-state index contributed by atoms with van der Waals surface area (Å²) in [5, 5.41) is 6.62. The molecular weight excluding hydrogens is 256 g/mol. The number of hydrogen-bond acceptors (Lipinski definition) is 4. The second-order valence-electron chi connectivity index (χ2n) is 4.99. The summed E-state index contributed by atoms with van der Waals surface area (Å²) in [6, 6.07) is 8.84. The SMILES string of the molecule is Cc1ccc(OCc2nc(CNC3CC3)cs2)cc1. The quantitative estimate of drug-likeness (QED) is 0.877. The van der Waals surface area contributed by atoms with E-state index in [4.69, 9.17) is 4.74 Å². The molecule has 0 spiro atoms. The van der Waals surface area contributed by atoms with Gasteiger partial charge < -0.3 is 10.1 Å². The number of benzene rings is 1. The summed E-state index contributed by atoms with van der Waals surface area (Å²) < 4.78 is 5.73. The summed E-state index contributed by atoms with van der Waals surface area (Å²) in [5.74, 6) is 0.901. The van der Waals surface area contributed by atoms with Crippen LogP contribution in [0.4, 0.5) is 0 Å². The fraction of sp³-hybridized carbons (Fsp3) is 0.400. The molecule has 0 bridgehead atoms. The molecule has 2 aromatic rings. The number of nitrogens with one attached hydrogen (secondary N) is 1. The molecular formula is C15H18N2OS. The van der Waals surface area contributed by atoms with Crippen LogP contribution in [-0.4, -0.2) is 11.0 Å². The van der Waals surface area contributed by atoms with Gasteiger partial charge in [0, 0.05) is 18.0 Å². The highest BCUT2D eigenvalue weighted by Gasteiger charge is 2.20. The lowest BCUT2D eigenvalue weighted by molar-refractivity contribution is 0.305. The molecule has 1 aromatic heterocycles. The number of rotatable bonds is 6. The van der Waals surface area contributed by atoms with Crippen molar-refractivity contribution in [3.8, 4) is 5.75 Å². The fourth-order valence-electron chi connectivity index (χ4n) is 1.81. The summed E-state index contributed by atoms with van der Waals surface area (Å²) in [6.45, 7) is 3.51. The van der Waals surface area contributed by atoms with Crippen molar-refractivity contribution in [1.82, 2.24) is 10.3 Å². The van der Waals surface area contributed by atoms with Crippen molar-refractivity contribution in [2.24, 2.45) is 0 Å². The van der Waals surface area contributed by atoms with E-state index in [2.05, 4.69) is 34.7 Å². The zero-order valence-corrected chi connectivity index (χ0v) is 11.9. The predicted octanol–water partition coefficient (Wildman–Crippen LogP) is 3.28. The normalized spacial score (nSPS) is 14.6. The lowest BCUT2D eigenvalue weighted by Crippen LogP contribution is -2.15. The topological polar surface area (TPSA) is 34.1 Å². The second-order valence-corrected chi connectivity index (χ2v) is 5.93. The molecule has 0 amide bonds. The van der Waals surface area contributed by atoms with Gasteiger partial charge in [0.2, 0.25) is 0 Å². The first kappa shape index (κ1) is 12.6. The van der Waals surface area contributed by atoms with E-state index in [0.29, 0.717) is 6.61 Å². The first-order valence-corrected chi connectivity index (χ1v) is 7.54. The first-order valence-electron chi connectivity index (χ1n) is 6.66. The van der Waals surface area contributed by atoms with Crippen molar-refractivity contribution in [3.63, 3.8) is 0 Å². The van der Waals surface area contributed by atoms with E-state index in [9.17, 15) is 0 Å². The minimum absolute atomic E-state index is 0.553. The average Bonchev–Trinajstić information content (AvgIpc) is 3.15. The molecule has 0 saturated heterocycles. The van der Waals surface area contributed by atoms with Gasteiger partial charge in [-0.3, -0.25) is 0 Å². The third-order valence-corrected chi connectivity index (χ3v) is 4.00. The molecule has 1 heterocycles. The fourth-order valence-corrected chi connectivity index (χ4v) is 2.52. The minimum Gasteiger partial charge on any atom is -0.486 e. The number of nitrogens with zero attached hydrogens (tertiary/aromatic N) is 1. The summed E-state index contributed by atoms with van der Waals surface area (Å²) >= 11 is 1.67. The van der Waals surface area contributed by atoms with E-state index in [0.717, 1.165) is 29.0 Å². The van der Waals surface area contributed by atoms with Crippen molar-refractivity contribution < 1.29 is 4.74 Å². The Hall–Kier alpha value is -1.39. The summed E-state index contributed by atoms with van der Waals surface area (Å²) in [4.78, 5) is 4.57. The minimum atomic E-state index is 0.553. The molecule has 19 heavy (non-hydrogen) atoms. The average molecular weight is 274 g/mol. The van der Waals surface area contributed by atoms with Crippen molar-refractivity contribution in [1.29, 1.82) is 0 Å². The van der Waals surface area contributed by atoms with Crippen LogP contribution in [0.3, 0.4) is 0 Å². The van der Waals surface area contributed by atoms with Crippen LogP contribution < -0.4 is 10.1 Å². The Morgan fingerprint density at radius 1 is 1.32 bits per heavy atom. The lowest BCUT2D eigenvalue weighted by Gasteiger charge is -2.04. The number of ether oxygens (including phenoxy) is 1. The Bertz CT molecular complexity index is 531. The van der Waals surface area contributed by atoms with Gasteiger partial charge in [-0.1, -0.05) is 17.7 Å². The monoisotopic (exact) mass is 274 g/mol. The van der Waals surface area contributed by atoms with Gasteiger partial charge in [-0.15, -0.1) is 11.3 Å². The summed E-state index contributed by atoms with van der Waals surface area (Å²) in [7, 11) is 0. The van der Waals surface area contributed by atoms with Crippen molar-refractivity contribution in [2.75, 3.05) is 0 Å². The zero-order chi connectivity index (χ0) is 13.1. The molecule has 0 atom stereocenters. The van der Waals surface area contributed by atoms with Crippen LogP contribution in [0.15, 0.2) is 29.6 Å². The summed E-state index contributed by atoms with van der Waals surface area (Å²) in [5.41, 5.74) is 2.37. The van der Waals surface area contributed by atoms with Crippen LogP contribution >= 0.6 is 11.3 Å². The molecule has 3 rings (SSSR count). The Morgan fingerprint density at radius 3 is 2.84 bits per heavy atom. The van der Waals surface area contributed by atoms with Gasteiger partial charge in [-0.2, -0.15) is 0 Å². The Labute approximate surface area is 117 Å². The number of aromatic nitrogens is 1. The van der Waals surface area contributed by atoms with Crippen LogP contribution in [0.25, 0.3) is 0 Å². The van der Waals surface area contributed by atoms with E-state index in [1.54, 1.807) is 11.3 Å². The Morgan fingerprint density at radius 2 is 2.11 bits per heavy atom. The maximum Gasteiger partial charge on any atom is 0.140 e. The van der Waals surface area contributed by atoms with Crippen LogP contribution in [0, 0.1) is 6.92 Å². The second kappa shape index (κ2) is 5.72. The van der Waals surface area contributed by atoms with Crippen molar-refractivity contribution >= 4 is 11.3 Å². The summed E-state index contributed by atoms with van der Waals surface area (Å²) in [6.07, 6.45) is 2.63. The van der Waals surface area contributed by atoms with Gasteiger partial charge >= 0.3 is 0 Å². The third kappa shape index (κ3) is 3.78. The third-order valence-electron chi connectivity index (χ3n) is 3.13. The number of aryl methyl sites for hydroxylation is 1. The van der Waals surface area contributed by atoms with Crippen molar-refractivity contribution in [3.05, 3.63) is 45.9 Å². The van der Waals surface area contributed by atoms with Crippen molar-refractivity contribution in [2.45, 2.75) is 39.0 Å². The number of thiazole rings is 1. The highest BCUT2D eigenvalue weighted by atomic mass is 32.1. The highest BCUT2D eigenvalue weighted by molar-refractivity contribution is 7.09. The van der Waals surface area contributed by atoms with Gasteiger partial charge in [0.15, 0.2) is 0 Å². The molecule has 1 fully saturated rings. The van der Waals surface area contributed by atoms with E-state index in [1.165, 1.54) is 18.4 Å². The van der Waals surface area contributed by atoms with Crippen LogP contribution in [0.5, 0.6) is 5.75 Å². The molecule has 4 heteroatoms. The van der Waals surface area contributed by atoms with Gasteiger partial charge in [0.25, 0.3) is 0 Å². The van der Waals surface area contributed by atoms with E-state index in [-0.39, 0.29) is 0 Å². The van der Waals surface area contributed by atoms with Crippen LogP contribution in [-0.2, 0) is 13.2 Å². The smallest absolute Gasteiger partial charge is 0.140 e. The Balaban J connectivity index is 1.50. The van der Waals surface area contributed by atoms with E-state index in [1.807, 2.05) is 12.1 Å². The maximum absolute atomic E-state index is 5.73. The molecule has 0 radical (unpaired) electrons. The largest absolute Gasteiger partial charge is 0.486 e. The van der Waals surface area contributed by atoms with Gasteiger partial charge in [0.05, 0.1) is 5.69 Å². The molecule has 0 aliphatic heterocycles. The van der Waals surface area contributed by atoms with Gasteiger partial charge in [0.1, 0.15) is 17.4 Å². The molecule has 1 aliphatic rings. The van der Waals surface area contributed by atoms with Gasteiger partial charge in [-0.25, -0.2) is 4.98 Å². The molecule has 3 nitrogen and oxygen atoms in total. The van der Waals surface area contributed by atoms with E-state index >= 15 is 0 Å². The molecule has 0 unspecified atom stereocenters. The standard InChI is InChI=1S/C15H18N2OS/c1-11-2-6-14(7-3-11)18-9-15-17-13(10-19-15)8-16-12-4-5-12/h2-3,6-7,10,12,16H,4-5,8-9H2,1H3. The van der Waals surface area contributed by atoms with Crippen LogP contribution in [0.2, 0.25) is 0 Å². The zero-order valence-electron chi connectivity index (χ0n) is 11.1. The molecule has 1 N–H and O–H groups in total. The first-order chi connectivity index (χ1) is 9.29. The molecule has 1 aromatic carbocycles. The molecule has 1 saturated carbocycles.